The maximum absolute atomic E-state index is 10.8. The highest BCUT2D eigenvalue weighted by atomic mass is 79.9. The van der Waals surface area contributed by atoms with Crippen LogP contribution < -0.4 is 5.32 Å². The Morgan fingerprint density at radius 3 is 3.00 bits per heavy atom. The number of benzene rings is 1. The van der Waals surface area contributed by atoms with Crippen LogP contribution in [0, 0.1) is 0 Å². The number of rotatable bonds is 4. The van der Waals surface area contributed by atoms with Crippen LogP contribution in [-0.4, -0.2) is 22.1 Å². The molecule has 0 radical (unpaired) electrons. The Hall–Kier alpha value is -1.46. The van der Waals surface area contributed by atoms with E-state index in [0.29, 0.717) is 6.54 Å². The van der Waals surface area contributed by atoms with Crippen molar-refractivity contribution in [2.24, 2.45) is 0 Å². The molecule has 0 spiro atoms. The van der Waals surface area contributed by atoms with E-state index in [-0.39, 0.29) is 0 Å². The minimum absolute atomic E-state index is 0.480. The highest BCUT2D eigenvalue weighted by Crippen LogP contribution is 2.25. The molecule has 0 aliphatic carbocycles. The highest BCUT2D eigenvalue weighted by molar-refractivity contribution is 9.10. The summed E-state index contributed by atoms with van der Waals surface area (Å²) in [7, 11) is 0. The standard InChI is InChI=1S/C13H13BrN2O2/c1-8(13(17)18)16-7-9-4-5-11(14)10-3-2-6-15-12(9)10/h2-6,8,16H,7H2,1H3,(H,17,18)/t8-/m1/s1. The van der Waals surface area contributed by atoms with Crippen LogP contribution in [-0.2, 0) is 11.3 Å². The molecule has 1 heterocycles. The van der Waals surface area contributed by atoms with Gasteiger partial charge in [0.25, 0.3) is 0 Å². The van der Waals surface area contributed by atoms with Gasteiger partial charge in [-0.15, -0.1) is 0 Å². The molecule has 2 aromatic rings. The van der Waals surface area contributed by atoms with Crippen LogP contribution >= 0.6 is 15.9 Å². The van der Waals surface area contributed by atoms with Crippen LogP contribution in [0.25, 0.3) is 10.9 Å². The van der Waals surface area contributed by atoms with Crippen molar-refractivity contribution in [1.82, 2.24) is 10.3 Å². The van der Waals surface area contributed by atoms with Crippen molar-refractivity contribution in [3.63, 3.8) is 0 Å². The van der Waals surface area contributed by atoms with Crippen molar-refractivity contribution in [3.05, 3.63) is 40.5 Å². The van der Waals surface area contributed by atoms with Gasteiger partial charge in [0.1, 0.15) is 6.04 Å². The van der Waals surface area contributed by atoms with Gasteiger partial charge in [-0.3, -0.25) is 9.78 Å². The second-order valence-electron chi connectivity index (χ2n) is 4.05. The van der Waals surface area contributed by atoms with E-state index in [4.69, 9.17) is 5.11 Å². The van der Waals surface area contributed by atoms with Crippen molar-refractivity contribution < 1.29 is 9.90 Å². The zero-order chi connectivity index (χ0) is 13.1. The number of pyridine rings is 1. The van der Waals surface area contributed by atoms with E-state index in [1.165, 1.54) is 0 Å². The van der Waals surface area contributed by atoms with Crippen molar-refractivity contribution in [2.75, 3.05) is 0 Å². The fourth-order valence-corrected chi connectivity index (χ4v) is 2.14. The van der Waals surface area contributed by atoms with Gasteiger partial charge in [-0.1, -0.05) is 28.1 Å². The molecule has 0 unspecified atom stereocenters. The lowest BCUT2D eigenvalue weighted by atomic mass is 10.1. The van der Waals surface area contributed by atoms with E-state index in [1.807, 2.05) is 24.3 Å². The molecule has 2 N–H and O–H groups in total. The maximum atomic E-state index is 10.8. The molecule has 0 fully saturated rings. The fourth-order valence-electron chi connectivity index (χ4n) is 1.69. The zero-order valence-electron chi connectivity index (χ0n) is 9.85. The maximum Gasteiger partial charge on any atom is 0.320 e. The second-order valence-corrected chi connectivity index (χ2v) is 4.90. The van der Waals surface area contributed by atoms with Gasteiger partial charge in [-0.25, -0.2) is 0 Å². The predicted molar refractivity (Wildman–Crippen MR) is 73.4 cm³/mol. The number of carboxylic acid groups (broad SMARTS) is 1. The van der Waals surface area contributed by atoms with Gasteiger partial charge in [0.15, 0.2) is 0 Å². The Labute approximate surface area is 113 Å². The number of nitrogens with one attached hydrogen (secondary N) is 1. The molecule has 0 bridgehead atoms. The van der Waals surface area contributed by atoms with Crippen molar-refractivity contribution in [1.29, 1.82) is 0 Å². The highest BCUT2D eigenvalue weighted by Gasteiger charge is 2.11. The monoisotopic (exact) mass is 308 g/mol. The number of hydrogen-bond acceptors (Lipinski definition) is 3. The van der Waals surface area contributed by atoms with Gasteiger partial charge in [0.2, 0.25) is 0 Å². The number of carbonyl (C=O) groups is 1. The Bertz CT molecular complexity index is 586. The number of aromatic nitrogens is 1. The molecule has 0 aliphatic heterocycles. The van der Waals surface area contributed by atoms with Gasteiger partial charge in [0.05, 0.1) is 5.52 Å². The van der Waals surface area contributed by atoms with Gasteiger partial charge in [-0.2, -0.15) is 0 Å². The number of aliphatic carboxylic acids is 1. The van der Waals surface area contributed by atoms with Crippen LogP contribution in [0.4, 0.5) is 0 Å². The number of carboxylic acids is 1. The molecule has 94 valence electrons. The molecule has 4 nitrogen and oxygen atoms in total. The predicted octanol–water partition coefficient (Wildman–Crippen LogP) is 2.56. The minimum Gasteiger partial charge on any atom is -0.480 e. The fraction of sp³-hybridized carbons (Fsp3) is 0.231. The summed E-state index contributed by atoms with van der Waals surface area (Å²) in [5.41, 5.74) is 1.87. The lowest BCUT2D eigenvalue weighted by Gasteiger charge is -2.11. The molecular weight excluding hydrogens is 296 g/mol. The normalized spacial score (nSPS) is 12.6. The molecule has 5 heteroatoms. The van der Waals surface area contributed by atoms with Crippen LogP contribution in [0.2, 0.25) is 0 Å². The third-order valence-corrected chi connectivity index (χ3v) is 3.46. The van der Waals surface area contributed by atoms with E-state index in [0.717, 1.165) is 20.9 Å². The Morgan fingerprint density at radius 2 is 2.28 bits per heavy atom. The Morgan fingerprint density at radius 1 is 1.50 bits per heavy atom. The summed E-state index contributed by atoms with van der Waals surface area (Å²) in [4.78, 5) is 15.1. The SMILES string of the molecule is C[C@@H](NCc1ccc(Br)c2cccnc12)C(=O)O. The smallest absolute Gasteiger partial charge is 0.320 e. The molecule has 1 aromatic carbocycles. The summed E-state index contributed by atoms with van der Waals surface area (Å²) in [5.74, 6) is -0.857. The number of fused-ring (bicyclic) bond motifs is 1. The summed E-state index contributed by atoms with van der Waals surface area (Å²) in [5, 5.41) is 12.8. The minimum atomic E-state index is -0.857. The molecule has 2 rings (SSSR count). The first kappa shape index (κ1) is 13.0. The number of hydrogen-bond donors (Lipinski definition) is 2. The van der Waals surface area contributed by atoms with Crippen LogP contribution in [0.15, 0.2) is 34.9 Å². The summed E-state index contributed by atoms with van der Waals surface area (Å²) in [6.07, 6.45) is 1.74. The van der Waals surface area contributed by atoms with Gasteiger partial charge >= 0.3 is 5.97 Å². The summed E-state index contributed by atoms with van der Waals surface area (Å²) in [6, 6.07) is 7.18. The number of nitrogens with zero attached hydrogens (tertiary/aromatic N) is 1. The summed E-state index contributed by atoms with van der Waals surface area (Å²) < 4.78 is 0.987. The largest absolute Gasteiger partial charge is 0.480 e. The van der Waals surface area contributed by atoms with Crippen molar-refractivity contribution in [2.45, 2.75) is 19.5 Å². The molecule has 0 amide bonds. The molecule has 18 heavy (non-hydrogen) atoms. The third kappa shape index (κ3) is 2.68. The molecular formula is C13H13BrN2O2. The van der Waals surface area contributed by atoms with Gasteiger partial charge in [0, 0.05) is 22.6 Å². The average molecular weight is 309 g/mol. The van der Waals surface area contributed by atoms with E-state index in [1.54, 1.807) is 13.1 Å². The van der Waals surface area contributed by atoms with Crippen LogP contribution in [0.5, 0.6) is 0 Å². The lowest BCUT2D eigenvalue weighted by molar-refractivity contribution is -0.139. The topological polar surface area (TPSA) is 62.2 Å². The van der Waals surface area contributed by atoms with Gasteiger partial charge < -0.3 is 10.4 Å². The van der Waals surface area contributed by atoms with Crippen molar-refractivity contribution >= 4 is 32.8 Å². The third-order valence-electron chi connectivity index (χ3n) is 2.77. The number of halogens is 1. The molecule has 1 atom stereocenters. The van der Waals surface area contributed by atoms with E-state index in [2.05, 4.69) is 26.2 Å². The quantitative estimate of drug-likeness (QED) is 0.911. The summed E-state index contributed by atoms with van der Waals surface area (Å²) >= 11 is 3.48. The first-order chi connectivity index (χ1) is 8.59. The van der Waals surface area contributed by atoms with Gasteiger partial charge in [-0.05, 0) is 24.6 Å². The second kappa shape index (κ2) is 5.46. The van der Waals surface area contributed by atoms with Crippen molar-refractivity contribution in [3.8, 4) is 0 Å². The van der Waals surface area contributed by atoms with E-state index < -0.39 is 12.0 Å². The van der Waals surface area contributed by atoms with E-state index >= 15 is 0 Å². The molecule has 1 aromatic heterocycles. The first-order valence-electron chi connectivity index (χ1n) is 5.58. The first-order valence-corrected chi connectivity index (χ1v) is 6.37. The van der Waals surface area contributed by atoms with E-state index in [9.17, 15) is 4.79 Å². The molecule has 0 aliphatic rings. The lowest BCUT2D eigenvalue weighted by Crippen LogP contribution is -2.33. The van der Waals surface area contributed by atoms with Crippen LogP contribution in [0.1, 0.15) is 12.5 Å². The zero-order valence-corrected chi connectivity index (χ0v) is 11.4. The summed E-state index contributed by atoms with van der Waals surface area (Å²) in [6.45, 7) is 2.10. The molecule has 0 saturated carbocycles. The van der Waals surface area contributed by atoms with Crippen LogP contribution in [0.3, 0.4) is 0 Å². The average Bonchev–Trinajstić information content (AvgIpc) is 2.38. The molecule has 0 saturated heterocycles. The Balaban J connectivity index is 2.29. The Kier molecular flexibility index (Phi) is 3.93.